The van der Waals surface area contributed by atoms with E-state index in [1.54, 1.807) is 12.1 Å². The van der Waals surface area contributed by atoms with E-state index in [9.17, 15) is 14.4 Å². The van der Waals surface area contributed by atoms with Crippen LogP contribution in [-0.2, 0) is 9.53 Å². The maximum atomic E-state index is 12.5. The van der Waals surface area contributed by atoms with Gasteiger partial charge in [0.05, 0.1) is 0 Å². The van der Waals surface area contributed by atoms with E-state index in [0.29, 0.717) is 24.1 Å². The number of aromatic amines is 1. The minimum atomic E-state index is -0.249. The molecule has 2 fully saturated rings. The number of hydrogen-bond acceptors (Lipinski definition) is 4. The number of pyridine rings is 1. The molecule has 0 bridgehead atoms. The molecule has 1 aromatic rings. The summed E-state index contributed by atoms with van der Waals surface area (Å²) in [6.45, 7) is 5.71. The molecule has 0 unspecified atom stereocenters. The Morgan fingerprint density at radius 3 is 2.19 bits per heavy atom. The number of hydrogen-bond donors (Lipinski definition) is 1. The van der Waals surface area contributed by atoms with Crippen LogP contribution in [0.15, 0.2) is 23.0 Å². The number of H-pyrrole nitrogens is 1. The third-order valence-electron chi connectivity index (χ3n) is 5.81. The summed E-state index contributed by atoms with van der Waals surface area (Å²) in [6, 6.07) is 4.68. The number of nitrogens with one attached hydrogen (secondary N) is 1. The average Bonchev–Trinajstić information content (AvgIpc) is 2.71. The van der Waals surface area contributed by atoms with Crippen molar-refractivity contribution in [1.82, 2.24) is 14.8 Å². The largest absolute Gasteiger partial charge is 0.372 e. The summed E-state index contributed by atoms with van der Waals surface area (Å²) < 4.78 is 5.22. The Hall–Kier alpha value is -2.15. The fraction of sp³-hybridized carbons (Fsp3) is 0.650. The lowest BCUT2D eigenvalue weighted by atomic mass is 9.78. The minimum absolute atomic E-state index is 0.0903. The molecular weight excluding hydrogens is 346 g/mol. The maximum Gasteiger partial charge on any atom is 0.270 e. The highest BCUT2D eigenvalue weighted by molar-refractivity contribution is 5.92. The van der Waals surface area contributed by atoms with Crippen molar-refractivity contribution in [3.8, 4) is 0 Å². The first kappa shape index (κ1) is 19.6. The van der Waals surface area contributed by atoms with E-state index in [1.165, 1.54) is 6.07 Å². The highest BCUT2D eigenvalue weighted by Crippen LogP contribution is 2.32. The Morgan fingerprint density at radius 1 is 1.04 bits per heavy atom. The van der Waals surface area contributed by atoms with Crippen LogP contribution in [-0.4, -0.2) is 66.0 Å². The highest BCUT2D eigenvalue weighted by Gasteiger charge is 2.32. The van der Waals surface area contributed by atoms with Gasteiger partial charge >= 0.3 is 0 Å². The van der Waals surface area contributed by atoms with Crippen LogP contribution in [0.1, 0.15) is 43.1 Å². The van der Waals surface area contributed by atoms with E-state index >= 15 is 0 Å². The highest BCUT2D eigenvalue weighted by atomic mass is 16.5. The third kappa shape index (κ3) is 4.97. The fourth-order valence-corrected chi connectivity index (χ4v) is 4.22. The molecule has 0 aliphatic carbocycles. The molecule has 1 N–H and O–H groups in total. The molecule has 0 spiro atoms. The summed E-state index contributed by atoms with van der Waals surface area (Å²) in [6.07, 6.45) is 4.03. The molecule has 2 aliphatic heterocycles. The van der Waals surface area contributed by atoms with Crippen molar-refractivity contribution >= 4 is 11.8 Å². The predicted molar refractivity (Wildman–Crippen MR) is 101 cm³/mol. The molecule has 0 radical (unpaired) electrons. The predicted octanol–water partition coefficient (Wildman–Crippen LogP) is 1.50. The van der Waals surface area contributed by atoms with Crippen LogP contribution in [0.3, 0.4) is 0 Å². The van der Waals surface area contributed by atoms with Gasteiger partial charge in [-0.1, -0.05) is 6.07 Å². The number of nitrogens with zero attached hydrogens (tertiary/aromatic N) is 2. The van der Waals surface area contributed by atoms with E-state index in [4.69, 9.17) is 4.74 Å². The second-order valence-corrected chi connectivity index (χ2v) is 7.41. The number of ether oxygens (including phenoxy) is 1. The molecule has 3 heterocycles. The minimum Gasteiger partial charge on any atom is -0.372 e. The van der Waals surface area contributed by atoms with Crippen LogP contribution < -0.4 is 5.56 Å². The first-order valence-corrected chi connectivity index (χ1v) is 9.92. The number of carbonyl (C=O) groups excluding carboxylic acids is 2. The SMILES string of the molecule is CCOCC(=O)N1CCC(C2CCN(C(=O)c3cccc(=O)[nH]3)CC2)CC1. The fourth-order valence-electron chi connectivity index (χ4n) is 4.22. The van der Waals surface area contributed by atoms with Crippen molar-refractivity contribution in [3.05, 3.63) is 34.2 Å². The molecule has 0 saturated carbocycles. The maximum absolute atomic E-state index is 12.5. The van der Waals surface area contributed by atoms with Gasteiger partial charge < -0.3 is 19.5 Å². The van der Waals surface area contributed by atoms with Crippen LogP contribution in [0.5, 0.6) is 0 Å². The molecule has 1 aromatic heterocycles. The Kier molecular flexibility index (Phi) is 6.66. The van der Waals surface area contributed by atoms with Gasteiger partial charge in [0.2, 0.25) is 11.5 Å². The van der Waals surface area contributed by atoms with Crippen LogP contribution >= 0.6 is 0 Å². The third-order valence-corrected chi connectivity index (χ3v) is 5.81. The molecule has 148 valence electrons. The lowest BCUT2D eigenvalue weighted by Crippen LogP contribution is -2.45. The van der Waals surface area contributed by atoms with Crippen molar-refractivity contribution in [3.63, 3.8) is 0 Å². The summed E-state index contributed by atoms with van der Waals surface area (Å²) in [5.41, 5.74) is 0.114. The first-order chi connectivity index (χ1) is 13.1. The van der Waals surface area contributed by atoms with Gasteiger partial charge in [-0.25, -0.2) is 0 Å². The zero-order valence-corrected chi connectivity index (χ0v) is 16.0. The van der Waals surface area contributed by atoms with Crippen LogP contribution in [0.25, 0.3) is 0 Å². The van der Waals surface area contributed by atoms with Crippen molar-refractivity contribution in [2.24, 2.45) is 11.8 Å². The Labute approximate surface area is 159 Å². The molecule has 2 amide bonds. The van der Waals surface area contributed by atoms with E-state index in [0.717, 1.165) is 51.9 Å². The monoisotopic (exact) mass is 375 g/mol. The number of aromatic nitrogens is 1. The second kappa shape index (κ2) is 9.17. The van der Waals surface area contributed by atoms with E-state index in [2.05, 4.69) is 4.98 Å². The Balaban J connectivity index is 1.45. The van der Waals surface area contributed by atoms with Crippen LogP contribution in [0.2, 0.25) is 0 Å². The van der Waals surface area contributed by atoms with Gasteiger partial charge in [0, 0.05) is 38.9 Å². The van der Waals surface area contributed by atoms with Gasteiger partial charge in [-0.15, -0.1) is 0 Å². The number of piperidine rings is 2. The first-order valence-electron chi connectivity index (χ1n) is 9.92. The summed E-state index contributed by atoms with van der Waals surface area (Å²) in [5.74, 6) is 1.22. The molecule has 2 aliphatic rings. The normalized spacial score (nSPS) is 19.3. The Bertz CT molecular complexity index is 701. The summed E-state index contributed by atoms with van der Waals surface area (Å²) in [7, 11) is 0. The Morgan fingerprint density at radius 2 is 1.63 bits per heavy atom. The standard InChI is InChI=1S/C20H29N3O4/c1-2-27-14-19(25)22-10-6-15(7-11-22)16-8-12-23(13-9-16)20(26)17-4-3-5-18(24)21-17/h3-5,15-16H,2,6-14H2,1H3,(H,21,24). The summed E-state index contributed by atoms with van der Waals surface area (Å²) >= 11 is 0. The lowest BCUT2D eigenvalue weighted by molar-refractivity contribution is -0.137. The molecular formula is C20H29N3O4. The van der Waals surface area contributed by atoms with Crippen molar-refractivity contribution in [2.75, 3.05) is 39.4 Å². The van der Waals surface area contributed by atoms with Crippen LogP contribution in [0.4, 0.5) is 0 Å². The van der Waals surface area contributed by atoms with Crippen molar-refractivity contribution in [2.45, 2.75) is 32.6 Å². The number of rotatable bonds is 5. The van der Waals surface area contributed by atoms with E-state index in [-0.39, 0.29) is 24.0 Å². The van der Waals surface area contributed by atoms with Crippen molar-refractivity contribution < 1.29 is 14.3 Å². The molecule has 27 heavy (non-hydrogen) atoms. The summed E-state index contributed by atoms with van der Waals surface area (Å²) in [5, 5.41) is 0. The van der Waals surface area contributed by atoms with Gasteiger partial charge in [0.15, 0.2) is 0 Å². The lowest BCUT2D eigenvalue weighted by Gasteiger charge is -2.40. The van der Waals surface area contributed by atoms with Gasteiger partial charge in [0.25, 0.3) is 5.91 Å². The molecule has 0 atom stereocenters. The van der Waals surface area contributed by atoms with Crippen molar-refractivity contribution in [1.29, 1.82) is 0 Å². The molecule has 7 heteroatoms. The zero-order chi connectivity index (χ0) is 19.2. The van der Waals surface area contributed by atoms with E-state index in [1.807, 2.05) is 16.7 Å². The quantitative estimate of drug-likeness (QED) is 0.846. The second-order valence-electron chi connectivity index (χ2n) is 7.41. The molecule has 0 aromatic carbocycles. The number of likely N-dealkylation sites (tertiary alicyclic amines) is 2. The van der Waals surface area contributed by atoms with Gasteiger partial charge in [-0.05, 0) is 50.5 Å². The van der Waals surface area contributed by atoms with E-state index < -0.39 is 0 Å². The molecule has 2 saturated heterocycles. The topological polar surface area (TPSA) is 82.7 Å². The number of carbonyl (C=O) groups is 2. The van der Waals surface area contributed by atoms with Gasteiger partial charge in [-0.3, -0.25) is 14.4 Å². The van der Waals surface area contributed by atoms with Gasteiger partial charge in [-0.2, -0.15) is 0 Å². The zero-order valence-electron chi connectivity index (χ0n) is 16.0. The number of amides is 2. The van der Waals surface area contributed by atoms with Gasteiger partial charge in [0.1, 0.15) is 12.3 Å². The smallest absolute Gasteiger partial charge is 0.270 e. The molecule has 7 nitrogen and oxygen atoms in total. The summed E-state index contributed by atoms with van der Waals surface area (Å²) in [4.78, 5) is 42.4. The molecule has 3 rings (SSSR count). The average molecular weight is 375 g/mol. The van der Waals surface area contributed by atoms with Crippen LogP contribution in [0, 0.1) is 11.8 Å².